The molecule has 0 saturated heterocycles. The number of benzene rings is 2. The molecule has 3 aromatic rings. The van der Waals surface area contributed by atoms with E-state index in [1.54, 1.807) is 37.1 Å². The lowest BCUT2D eigenvalue weighted by molar-refractivity contribution is -0.130. The van der Waals surface area contributed by atoms with Crippen LogP contribution in [0.3, 0.4) is 0 Å². The van der Waals surface area contributed by atoms with Gasteiger partial charge in [0.1, 0.15) is 17.6 Å². The molecule has 3 rings (SSSR count). The van der Waals surface area contributed by atoms with Crippen molar-refractivity contribution in [3.63, 3.8) is 0 Å². The summed E-state index contributed by atoms with van der Waals surface area (Å²) >= 11 is 0. The Morgan fingerprint density at radius 2 is 1.81 bits per heavy atom. The first-order chi connectivity index (χ1) is 17.0. The highest BCUT2D eigenvalue weighted by Gasteiger charge is 2.26. The number of carbonyl (C=O) groups is 2. The molecule has 0 fully saturated rings. The molecule has 36 heavy (non-hydrogen) atoms. The van der Waals surface area contributed by atoms with E-state index >= 15 is 0 Å². The van der Waals surface area contributed by atoms with Crippen LogP contribution < -0.4 is 10.1 Å². The molecule has 0 aliphatic heterocycles. The van der Waals surface area contributed by atoms with Crippen LogP contribution in [0.4, 0.5) is 8.78 Å². The van der Waals surface area contributed by atoms with Crippen molar-refractivity contribution in [3.8, 4) is 11.5 Å². The molecule has 1 heterocycles. The van der Waals surface area contributed by atoms with Crippen LogP contribution in [0.2, 0.25) is 0 Å². The van der Waals surface area contributed by atoms with Crippen molar-refractivity contribution < 1.29 is 23.1 Å². The van der Waals surface area contributed by atoms with Crippen molar-refractivity contribution in [2.45, 2.75) is 32.9 Å². The topological polar surface area (TPSA) is 79.7 Å². The molecule has 1 aromatic heterocycles. The Balaban J connectivity index is 2.05. The number of ether oxygens (including phenoxy) is 1. The van der Waals surface area contributed by atoms with Gasteiger partial charge in [-0.15, -0.1) is 0 Å². The Labute approximate surface area is 209 Å². The number of carbonyl (C=O) groups excluding carboxylic acids is 2. The van der Waals surface area contributed by atoms with Gasteiger partial charge in [-0.3, -0.25) is 14.3 Å². The molecule has 1 atom stereocenters. The summed E-state index contributed by atoms with van der Waals surface area (Å²) in [6, 6.07) is 5.39. The van der Waals surface area contributed by atoms with Crippen molar-refractivity contribution in [2.75, 3.05) is 34.7 Å². The molecular weight excluding hydrogens is 468 g/mol. The Bertz CT molecular complexity index is 1240. The number of halogens is 2. The standard InChI is InChI=1S/C26H33F2N5O3/c1-16(2)15-33-22-13-19(25(34)30-21(9-10-31(3)4)26(35)32(5)6)24(11-17(22)14-29-33)36-23-8-7-18(27)12-20(23)28/h7-8,11-14,16,21H,9-10,15H2,1-6H3,(H,30,34)/t21-/m0/s1. The maximum atomic E-state index is 14.4. The smallest absolute Gasteiger partial charge is 0.255 e. The summed E-state index contributed by atoms with van der Waals surface area (Å²) in [6.07, 6.45) is 2.04. The maximum absolute atomic E-state index is 14.4. The van der Waals surface area contributed by atoms with Gasteiger partial charge in [0, 0.05) is 32.1 Å². The van der Waals surface area contributed by atoms with Crippen LogP contribution in [0.1, 0.15) is 30.6 Å². The van der Waals surface area contributed by atoms with E-state index in [0.717, 1.165) is 12.1 Å². The fourth-order valence-electron chi connectivity index (χ4n) is 3.73. The van der Waals surface area contributed by atoms with Crippen LogP contribution in [0, 0.1) is 17.6 Å². The minimum Gasteiger partial charge on any atom is -0.453 e. The Morgan fingerprint density at radius 3 is 2.42 bits per heavy atom. The summed E-state index contributed by atoms with van der Waals surface area (Å²) in [6.45, 7) is 5.31. The largest absolute Gasteiger partial charge is 0.453 e. The van der Waals surface area contributed by atoms with Gasteiger partial charge in [-0.2, -0.15) is 5.10 Å². The van der Waals surface area contributed by atoms with Gasteiger partial charge >= 0.3 is 0 Å². The monoisotopic (exact) mass is 501 g/mol. The Hall–Kier alpha value is -3.53. The molecule has 1 N–H and O–H groups in total. The predicted octanol–water partition coefficient (Wildman–Crippen LogP) is 3.90. The van der Waals surface area contributed by atoms with E-state index in [0.29, 0.717) is 42.4 Å². The van der Waals surface area contributed by atoms with E-state index < -0.39 is 23.6 Å². The van der Waals surface area contributed by atoms with Crippen LogP contribution in [-0.2, 0) is 11.3 Å². The molecular formula is C26H33F2N5O3. The number of amides is 2. The fraction of sp³-hybridized carbons (Fsp3) is 0.423. The van der Waals surface area contributed by atoms with E-state index in [9.17, 15) is 18.4 Å². The van der Waals surface area contributed by atoms with Crippen LogP contribution in [-0.4, -0.2) is 72.2 Å². The molecule has 0 aliphatic rings. The first-order valence-corrected chi connectivity index (χ1v) is 11.8. The predicted molar refractivity (Wildman–Crippen MR) is 134 cm³/mol. The number of hydrogen-bond donors (Lipinski definition) is 1. The second-order valence-electron chi connectivity index (χ2n) is 9.66. The van der Waals surface area contributed by atoms with Crippen LogP contribution in [0.15, 0.2) is 36.5 Å². The van der Waals surface area contributed by atoms with Gasteiger partial charge in [0.2, 0.25) is 5.91 Å². The zero-order valence-corrected chi connectivity index (χ0v) is 21.5. The average Bonchev–Trinajstić information content (AvgIpc) is 3.17. The highest BCUT2D eigenvalue weighted by molar-refractivity contribution is 6.02. The Morgan fingerprint density at radius 1 is 1.08 bits per heavy atom. The van der Waals surface area contributed by atoms with Gasteiger partial charge in [-0.05, 0) is 57.2 Å². The number of nitrogens with zero attached hydrogens (tertiary/aromatic N) is 4. The lowest BCUT2D eigenvalue weighted by Gasteiger charge is -2.23. The SMILES string of the molecule is CC(C)Cn1ncc2cc(Oc3ccc(F)cc3F)c(C(=O)N[C@@H](CCN(C)C)C(=O)N(C)C)cc21. The molecule has 8 nitrogen and oxygen atoms in total. The third-order valence-corrected chi connectivity index (χ3v) is 5.55. The van der Waals surface area contributed by atoms with E-state index in [1.165, 1.54) is 4.90 Å². The van der Waals surface area contributed by atoms with Crippen molar-refractivity contribution in [2.24, 2.45) is 5.92 Å². The molecule has 194 valence electrons. The minimum atomic E-state index is -0.899. The van der Waals surface area contributed by atoms with Gasteiger partial charge in [-0.1, -0.05) is 13.8 Å². The third-order valence-electron chi connectivity index (χ3n) is 5.55. The van der Waals surface area contributed by atoms with Gasteiger partial charge < -0.3 is 19.9 Å². The van der Waals surface area contributed by atoms with E-state index in [-0.39, 0.29) is 23.0 Å². The van der Waals surface area contributed by atoms with Crippen LogP contribution in [0.25, 0.3) is 10.9 Å². The number of nitrogens with one attached hydrogen (secondary N) is 1. The lowest BCUT2D eigenvalue weighted by atomic mass is 10.1. The zero-order chi connectivity index (χ0) is 26.6. The summed E-state index contributed by atoms with van der Waals surface area (Å²) < 4.78 is 35.3. The van der Waals surface area contributed by atoms with Gasteiger partial charge in [-0.25, -0.2) is 8.78 Å². The zero-order valence-electron chi connectivity index (χ0n) is 21.5. The number of rotatable bonds is 10. The Kier molecular flexibility index (Phi) is 8.62. The minimum absolute atomic E-state index is 0.0678. The van der Waals surface area contributed by atoms with Crippen molar-refractivity contribution in [3.05, 3.63) is 53.7 Å². The second kappa shape index (κ2) is 11.5. The number of likely N-dealkylation sites (N-methyl/N-ethyl adjacent to an activating group) is 1. The average molecular weight is 502 g/mol. The molecule has 0 bridgehead atoms. The molecule has 0 unspecified atom stereocenters. The van der Waals surface area contributed by atoms with Crippen LogP contribution >= 0.6 is 0 Å². The number of fused-ring (bicyclic) bond motifs is 1. The van der Waals surface area contributed by atoms with Crippen molar-refractivity contribution >= 4 is 22.7 Å². The summed E-state index contributed by atoms with van der Waals surface area (Å²) in [4.78, 5) is 29.6. The summed E-state index contributed by atoms with van der Waals surface area (Å²) in [5.74, 6) is -2.29. The normalized spacial score (nSPS) is 12.3. The molecule has 0 spiro atoms. The molecule has 0 saturated carbocycles. The van der Waals surface area contributed by atoms with E-state index in [4.69, 9.17) is 4.74 Å². The summed E-state index contributed by atoms with van der Waals surface area (Å²) in [5.41, 5.74) is 0.808. The molecule has 2 amide bonds. The first kappa shape index (κ1) is 27.1. The number of aromatic nitrogens is 2. The van der Waals surface area contributed by atoms with Gasteiger partial charge in [0.15, 0.2) is 11.6 Å². The molecule has 0 radical (unpaired) electrons. The summed E-state index contributed by atoms with van der Waals surface area (Å²) in [5, 5.41) is 7.92. The first-order valence-electron chi connectivity index (χ1n) is 11.8. The summed E-state index contributed by atoms with van der Waals surface area (Å²) in [7, 11) is 7.01. The van der Waals surface area contributed by atoms with E-state index in [2.05, 4.69) is 24.3 Å². The van der Waals surface area contributed by atoms with Gasteiger partial charge in [0.25, 0.3) is 5.91 Å². The maximum Gasteiger partial charge on any atom is 0.255 e. The van der Waals surface area contributed by atoms with Crippen molar-refractivity contribution in [1.82, 2.24) is 24.9 Å². The quantitative estimate of drug-likeness (QED) is 0.456. The fourth-order valence-corrected chi connectivity index (χ4v) is 3.73. The van der Waals surface area contributed by atoms with Crippen molar-refractivity contribution in [1.29, 1.82) is 0 Å². The van der Waals surface area contributed by atoms with Crippen LogP contribution in [0.5, 0.6) is 11.5 Å². The second-order valence-corrected chi connectivity index (χ2v) is 9.66. The number of hydrogen-bond acceptors (Lipinski definition) is 5. The highest BCUT2D eigenvalue weighted by atomic mass is 19.1. The third kappa shape index (κ3) is 6.57. The molecule has 2 aromatic carbocycles. The molecule has 10 heteroatoms. The van der Waals surface area contributed by atoms with Gasteiger partial charge in [0.05, 0.1) is 17.3 Å². The highest BCUT2D eigenvalue weighted by Crippen LogP contribution is 2.32. The van der Waals surface area contributed by atoms with E-state index in [1.807, 2.05) is 19.0 Å². The molecule has 0 aliphatic carbocycles. The lowest BCUT2D eigenvalue weighted by Crippen LogP contribution is -2.47.